The lowest BCUT2D eigenvalue weighted by Crippen LogP contribution is -2.17. The molecule has 0 aliphatic carbocycles. The second-order valence-electron chi connectivity index (χ2n) is 7.55. The molecule has 5 rings (SSSR count). The van der Waals surface area contributed by atoms with Gasteiger partial charge in [-0.15, -0.1) is 0 Å². The number of hydrogen-bond donors (Lipinski definition) is 2. The minimum absolute atomic E-state index is 0.664. The van der Waals surface area contributed by atoms with Gasteiger partial charge in [-0.25, -0.2) is 4.98 Å². The Hall–Kier alpha value is -2.56. The molecule has 1 fully saturated rings. The Morgan fingerprint density at radius 3 is 2.89 bits per heavy atom. The second kappa shape index (κ2) is 7.46. The first-order chi connectivity index (χ1) is 13.8. The normalized spacial score (nSPS) is 16.8. The quantitative estimate of drug-likeness (QED) is 0.508. The molecule has 28 heavy (non-hydrogen) atoms. The molecule has 1 saturated heterocycles. The number of benzene rings is 2. The SMILES string of the molecule is Clc1cccc(Cn2ccc3c(NC[C@H]4CCNC4)nc4ccccc4c32)c1. The predicted octanol–water partition coefficient (Wildman–Crippen LogP) is 4.91. The van der Waals surface area contributed by atoms with Crippen LogP contribution in [0.5, 0.6) is 0 Å². The molecular weight excluding hydrogens is 368 g/mol. The summed E-state index contributed by atoms with van der Waals surface area (Å²) in [5.74, 6) is 1.64. The van der Waals surface area contributed by atoms with Crippen LogP contribution in [0.4, 0.5) is 5.82 Å². The summed E-state index contributed by atoms with van der Waals surface area (Å²) in [4.78, 5) is 4.93. The highest BCUT2D eigenvalue weighted by Gasteiger charge is 2.17. The average molecular weight is 391 g/mol. The first-order valence-electron chi connectivity index (χ1n) is 9.84. The molecule has 0 saturated carbocycles. The maximum absolute atomic E-state index is 6.19. The molecule has 4 nitrogen and oxygen atoms in total. The van der Waals surface area contributed by atoms with Crippen LogP contribution in [0.3, 0.4) is 0 Å². The maximum atomic E-state index is 6.19. The maximum Gasteiger partial charge on any atom is 0.136 e. The van der Waals surface area contributed by atoms with E-state index < -0.39 is 0 Å². The molecule has 1 aliphatic rings. The van der Waals surface area contributed by atoms with Gasteiger partial charge in [0.15, 0.2) is 0 Å². The van der Waals surface area contributed by atoms with Crippen molar-refractivity contribution < 1.29 is 0 Å². The van der Waals surface area contributed by atoms with E-state index in [1.54, 1.807) is 0 Å². The monoisotopic (exact) mass is 390 g/mol. The van der Waals surface area contributed by atoms with Crippen LogP contribution < -0.4 is 10.6 Å². The number of rotatable bonds is 5. The van der Waals surface area contributed by atoms with Crippen molar-refractivity contribution in [3.05, 3.63) is 71.4 Å². The second-order valence-corrected chi connectivity index (χ2v) is 7.99. The van der Waals surface area contributed by atoms with Crippen LogP contribution in [0.25, 0.3) is 21.8 Å². The molecule has 0 bridgehead atoms. The fourth-order valence-electron chi connectivity index (χ4n) is 4.14. The minimum atomic E-state index is 0.664. The number of nitrogens with one attached hydrogen (secondary N) is 2. The summed E-state index contributed by atoms with van der Waals surface area (Å²) < 4.78 is 2.30. The van der Waals surface area contributed by atoms with Crippen molar-refractivity contribution in [2.24, 2.45) is 5.92 Å². The summed E-state index contributed by atoms with van der Waals surface area (Å²) in [6.07, 6.45) is 3.38. The van der Waals surface area contributed by atoms with Crippen LogP contribution in [0.2, 0.25) is 5.02 Å². The molecule has 142 valence electrons. The van der Waals surface area contributed by atoms with Crippen LogP contribution in [-0.2, 0) is 6.54 Å². The van der Waals surface area contributed by atoms with Gasteiger partial charge in [0.05, 0.1) is 11.0 Å². The van der Waals surface area contributed by atoms with Crippen LogP contribution in [0.1, 0.15) is 12.0 Å². The molecule has 2 aromatic heterocycles. The topological polar surface area (TPSA) is 41.9 Å². The van der Waals surface area contributed by atoms with E-state index in [0.29, 0.717) is 5.92 Å². The van der Waals surface area contributed by atoms with Crippen molar-refractivity contribution in [1.29, 1.82) is 0 Å². The van der Waals surface area contributed by atoms with Gasteiger partial charge in [0.25, 0.3) is 0 Å². The summed E-state index contributed by atoms with van der Waals surface area (Å²) in [5, 5.41) is 10.2. The Labute approximate surface area is 169 Å². The van der Waals surface area contributed by atoms with Gasteiger partial charge in [-0.1, -0.05) is 41.9 Å². The lowest BCUT2D eigenvalue weighted by Gasteiger charge is -2.14. The number of pyridine rings is 1. The fraction of sp³-hybridized carbons (Fsp3) is 0.261. The molecule has 0 spiro atoms. The van der Waals surface area contributed by atoms with Gasteiger partial charge >= 0.3 is 0 Å². The zero-order valence-corrected chi connectivity index (χ0v) is 16.4. The van der Waals surface area contributed by atoms with Gasteiger partial charge in [-0.2, -0.15) is 0 Å². The highest BCUT2D eigenvalue weighted by Crippen LogP contribution is 2.31. The number of halogens is 1. The van der Waals surface area contributed by atoms with Gasteiger partial charge in [-0.05, 0) is 55.3 Å². The molecule has 4 aromatic rings. The Bertz CT molecular complexity index is 1130. The molecule has 2 N–H and O–H groups in total. The molecule has 1 atom stereocenters. The first-order valence-corrected chi connectivity index (χ1v) is 10.2. The lowest BCUT2D eigenvalue weighted by molar-refractivity contribution is 0.615. The van der Waals surface area contributed by atoms with Crippen LogP contribution in [-0.4, -0.2) is 29.2 Å². The zero-order valence-electron chi connectivity index (χ0n) is 15.7. The molecule has 0 unspecified atom stereocenters. The largest absolute Gasteiger partial charge is 0.369 e. The summed E-state index contributed by atoms with van der Waals surface area (Å²) in [5.41, 5.74) is 3.43. The van der Waals surface area contributed by atoms with E-state index in [0.717, 1.165) is 42.5 Å². The Morgan fingerprint density at radius 1 is 1.11 bits per heavy atom. The van der Waals surface area contributed by atoms with E-state index in [-0.39, 0.29) is 0 Å². The third-order valence-electron chi connectivity index (χ3n) is 5.57. The third kappa shape index (κ3) is 3.34. The number of fused-ring (bicyclic) bond motifs is 3. The van der Waals surface area contributed by atoms with E-state index in [9.17, 15) is 0 Å². The highest BCUT2D eigenvalue weighted by atomic mass is 35.5. The number of nitrogens with zero attached hydrogens (tertiary/aromatic N) is 2. The standard InChI is InChI=1S/C23H23ClN4/c24-18-5-3-4-16(12-18)15-28-11-9-20-22(28)19-6-1-2-7-21(19)27-23(20)26-14-17-8-10-25-13-17/h1-7,9,11-12,17,25H,8,10,13-15H2,(H,26,27)/t17-/m0/s1. The van der Waals surface area contributed by atoms with Crippen molar-refractivity contribution in [1.82, 2.24) is 14.9 Å². The van der Waals surface area contributed by atoms with Gasteiger partial charge in [0.1, 0.15) is 5.82 Å². The molecule has 1 aliphatic heterocycles. The first kappa shape index (κ1) is 17.5. The van der Waals surface area contributed by atoms with Crippen molar-refractivity contribution in [2.75, 3.05) is 25.0 Å². The number of anilines is 1. The van der Waals surface area contributed by atoms with Crippen LogP contribution in [0.15, 0.2) is 60.8 Å². The van der Waals surface area contributed by atoms with Gasteiger partial charge in [0.2, 0.25) is 0 Å². The number of hydrogen-bond acceptors (Lipinski definition) is 3. The van der Waals surface area contributed by atoms with Gasteiger partial charge < -0.3 is 15.2 Å². The summed E-state index contributed by atoms with van der Waals surface area (Å²) in [7, 11) is 0. The molecule has 0 amide bonds. The van der Waals surface area contributed by atoms with Crippen LogP contribution >= 0.6 is 11.6 Å². The summed E-state index contributed by atoms with van der Waals surface area (Å²) >= 11 is 6.19. The summed E-state index contributed by atoms with van der Waals surface area (Å²) in [6, 6.07) is 18.6. The van der Waals surface area contributed by atoms with E-state index in [4.69, 9.17) is 16.6 Å². The minimum Gasteiger partial charge on any atom is -0.369 e. The number of para-hydroxylation sites is 1. The predicted molar refractivity (Wildman–Crippen MR) is 117 cm³/mol. The van der Waals surface area contributed by atoms with Crippen molar-refractivity contribution in [2.45, 2.75) is 13.0 Å². The lowest BCUT2D eigenvalue weighted by atomic mass is 10.1. The van der Waals surface area contributed by atoms with Gasteiger partial charge in [-0.3, -0.25) is 0 Å². The van der Waals surface area contributed by atoms with E-state index in [1.165, 1.54) is 28.3 Å². The third-order valence-corrected chi connectivity index (χ3v) is 5.81. The van der Waals surface area contributed by atoms with E-state index in [1.807, 2.05) is 18.2 Å². The highest BCUT2D eigenvalue weighted by molar-refractivity contribution is 6.30. The molecule has 3 heterocycles. The van der Waals surface area contributed by atoms with E-state index >= 15 is 0 Å². The van der Waals surface area contributed by atoms with Crippen molar-refractivity contribution in [3.8, 4) is 0 Å². The zero-order chi connectivity index (χ0) is 18.9. The average Bonchev–Trinajstić information content (AvgIpc) is 3.37. The summed E-state index contributed by atoms with van der Waals surface area (Å²) in [6.45, 7) is 3.93. The van der Waals surface area contributed by atoms with Crippen molar-refractivity contribution in [3.63, 3.8) is 0 Å². The van der Waals surface area contributed by atoms with Crippen LogP contribution in [0, 0.1) is 5.92 Å². The Morgan fingerprint density at radius 2 is 2.04 bits per heavy atom. The Kier molecular flexibility index (Phi) is 4.67. The van der Waals surface area contributed by atoms with Gasteiger partial charge in [0, 0.05) is 35.1 Å². The van der Waals surface area contributed by atoms with Crippen molar-refractivity contribution >= 4 is 39.2 Å². The molecule has 0 radical (unpaired) electrons. The molecule has 5 heteroatoms. The molecular formula is C23H23ClN4. The van der Waals surface area contributed by atoms with E-state index in [2.05, 4.69) is 57.8 Å². The smallest absolute Gasteiger partial charge is 0.136 e. The molecule has 2 aromatic carbocycles. The number of aromatic nitrogens is 2. The Balaban J connectivity index is 1.58. The fourth-order valence-corrected chi connectivity index (χ4v) is 4.36.